The van der Waals surface area contributed by atoms with E-state index in [4.69, 9.17) is 0 Å². The molecule has 0 saturated carbocycles. The highest BCUT2D eigenvalue weighted by atomic mass is 16.1. The topological polar surface area (TPSA) is 44.4 Å². The molecule has 1 heterocycles. The Balaban J connectivity index is 2.06. The molecule has 0 aromatic heterocycles. The van der Waals surface area contributed by atoms with Gasteiger partial charge in [-0.25, -0.2) is 0 Å². The largest absolute Gasteiger partial charge is 0.356 e. The molecule has 1 aliphatic rings. The second kappa shape index (κ2) is 9.32. The van der Waals surface area contributed by atoms with E-state index in [0.29, 0.717) is 18.3 Å². The van der Waals surface area contributed by atoms with E-state index < -0.39 is 0 Å². The first kappa shape index (κ1) is 16.4. The van der Waals surface area contributed by atoms with Crippen molar-refractivity contribution in [2.75, 3.05) is 39.3 Å². The van der Waals surface area contributed by atoms with E-state index in [1.165, 1.54) is 0 Å². The lowest BCUT2D eigenvalue weighted by Gasteiger charge is -2.27. The summed E-state index contributed by atoms with van der Waals surface area (Å²) in [6, 6.07) is 0. The molecule has 1 amide bonds. The molecule has 112 valence electrons. The average Bonchev–Trinajstić information content (AvgIpc) is 2.42. The molecule has 0 aliphatic carbocycles. The van der Waals surface area contributed by atoms with Crippen LogP contribution in [-0.4, -0.2) is 50.1 Å². The van der Waals surface area contributed by atoms with E-state index >= 15 is 0 Å². The molecule has 2 N–H and O–H groups in total. The number of nitrogens with zero attached hydrogens (tertiary/aromatic N) is 1. The lowest BCUT2D eigenvalue weighted by atomic mass is 9.90. The number of carbonyl (C=O) groups excluding carboxylic acids is 1. The summed E-state index contributed by atoms with van der Waals surface area (Å²) in [6.45, 7) is 13.0. The molecule has 1 saturated heterocycles. The smallest absolute Gasteiger partial charge is 0.220 e. The van der Waals surface area contributed by atoms with Gasteiger partial charge in [0.05, 0.1) is 0 Å². The van der Waals surface area contributed by atoms with Gasteiger partial charge in [0.1, 0.15) is 0 Å². The summed E-state index contributed by atoms with van der Waals surface area (Å²) in [5.74, 6) is 1.34. The first-order chi connectivity index (χ1) is 9.13. The van der Waals surface area contributed by atoms with Crippen molar-refractivity contribution in [1.29, 1.82) is 0 Å². The first-order valence-corrected chi connectivity index (χ1v) is 7.83. The van der Waals surface area contributed by atoms with Gasteiger partial charge in [-0.05, 0) is 24.8 Å². The maximum absolute atomic E-state index is 11.8. The highest BCUT2D eigenvalue weighted by molar-refractivity contribution is 5.76. The summed E-state index contributed by atoms with van der Waals surface area (Å²) in [5, 5.41) is 6.41. The van der Waals surface area contributed by atoms with Gasteiger partial charge in [0.25, 0.3) is 0 Å². The molecular formula is C15H31N3O. The van der Waals surface area contributed by atoms with Crippen molar-refractivity contribution < 1.29 is 4.79 Å². The van der Waals surface area contributed by atoms with Gasteiger partial charge in [-0.1, -0.05) is 27.2 Å². The van der Waals surface area contributed by atoms with Crippen LogP contribution in [0.4, 0.5) is 0 Å². The van der Waals surface area contributed by atoms with Gasteiger partial charge >= 0.3 is 0 Å². The fourth-order valence-corrected chi connectivity index (χ4v) is 2.63. The number of piperazine rings is 1. The Morgan fingerprint density at radius 3 is 2.58 bits per heavy atom. The zero-order chi connectivity index (χ0) is 14.1. The number of amides is 1. The van der Waals surface area contributed by atoms with Gasteiger partial charge < -0.3 is 15.5 Å². The van der Waals surface area contributed by atoms with Gasteiger partial charge in [-0.15, -0.1) is 0 Å². The van der Waals surface area contributed by atoms with E-state index in [1.54, 1.807) is 0 Å². The van der Waals surface area contributed by atoms with Crippen molar-refractivity contribution >= 4 is 5.91 Å². The van der Waals surface area contributed by atoms with E-state index in [0.717, 1.165) is 52.1 Å². The van der Waals surface area contributed by atoms with Crippen LogP contribution in [0, 0.1) is 11.8 Å². The van der Waals surface area contributed by atoms with Crippen LogP contribution in [0.15, 0.2) is 0 Å². The molecule has 0 spiro atoms. The van der Waals surface area contributed by atoms with Gasteiger partial charge in [0, 0.05) is 39.1 Å². The Kier molecular flexibility index (Phi) is 8.07. The van der Waals surface area contributed by atoms with Gasteiger partial charge in [-0.3, -0.25) is 4.79 Å². The van der Waals surface area contributed by atoms with E-state index in [9.17, 15) is 4.79 Å². The summed E-state index contributed by atoms with van der Waals surface area (Å²) in [5.41, 5.74) is 0. The van der Waals surface area contributed by atoms with Gasteiger partial charge in [0.2, 0.25) is 5.91 Å². The Morgan fingerprint density at radius 2 is 2.00 bits per heavy atom. The van der Waals surface area contributed by atoms with Crippen molar-refractivity contribution in [3.05, 3.63) is 0 Å². The summed E-state index contributed by atoms with van der Waals surface area (Å²) < 4.78 is 0. The molecule has 4 nitrogen and oxygen atoms in total. The second-order valence-electron chi connectivity index (χ2n) is 5.91. The van der Waals surface area contributed by atoms with Crippen LogP contribution in [0.5, 0.6) is 0 Å². The van der Waals surface area contributed by atoms with Crippen LogP contribution in [-0.2, 0) is 4.79 Å². The second-order valence-corrected chi connectivity index (χ2v) is 5.91. The average molecular weight is 269 g/mol. The normalized spacial score (nSPS) is 18.5. The van der Waals surface area contributed by atoms with Crippen molar-refractivity contribution in [2.45, 2.75) is 40.0 Å². The predicted molar refractivity (Wildman–Crippen MR) is 80.2 cm³/mol. The molecule has 1 fully saturated rings. The Bertz CT molecular complexity index is 250. The molecule has 19 heavy (non-hydrogen) atoms. The van der Waals surface area contributed by atoms with E-state index in [-0.39, 0.29) is 5.91 Å². The number of hydrogen-bond acceptors (Lipinski definition) is 3. The third-order valence-electron chi connectivity index (χ3n) is 4.10. The van der Waals surface area contributed by atoms with Crippen LogP contribution < -0.4 is 10.6 Å². The molecule has 0 bridgehead atoms. The molecule has 0 aromatic carbocycles. The minimum absolute atomic E-state index is 0.223. The lowest BCUT2D eigenvalue weighted by Crippen LogP contribution is -2.44. The third-order valence-corrected chi connectivity index (χ3v) is 4.10. The Labute approximate surface area is 118 Å². The Morgan fingerprint density at radius 1 is 1.32 bits per heavy atom. The van der Waals surface area contributed by atoms with Crippen LogP contribution >= 0.6 is 0 Å². The quantitative estimate of drug-likeness (QED) is 0.656. The monoisotopic (exact) mass is 269 g/mol. The van der Waals surface area contributed by atoms with E-state index in [1.807, 2.05) is 0 Å². The summed E-state index contributed by atoms with van der Waals surface area (Å²) in [6.07, 6.45) is 2.83. The van der Waals surface area contributed by atoms with Crippen LogP contribution in [0.25, 0.3) is 0 Å². The molecule has 4 heteroatoms. The van der Waals surface area contributed by atoms with Crippen molar-refractivity contribution in [2.24, 2.45) is 11.8 Å². The van der Waals surface area contributed by atoms with Gasteiger partial charge in [-0.2, -0.15) is 0 Å². The molecule has 0 radical (unpaired) electrons. The Hall–Kier alpha value is -0.610. The first-order valence-electron chi connectivity index (χ1n) is 7.83. The maximum atomic E-state index is 11.8. The van der Waals surface area contributed by atoms with Crippen LogP contribution in [0.1, 0.15) is 40.0 Å². The molecule has 1 unspecified atom stereocenters. The molecule has 1 rings (SSSR count). The minimum Gasteiger partial charge on any atom is -0.356 e. The summed E-state index contributed by atoms with van der Waals surface area (Å²) in [7, 11) is 0. The standard InChI is InChI=1S/C15H31N3O/c1-4-14(13(2)3)12-15(19)17-6-5-9-18-10-7-16-8-11-18/h13-14,16H,4-12H2,1-3H3,(H,17,19). The van der Waals surface area contributed by atoms with Gasteiger partial charge in [0.15, 0.2) is 0 Å². The molecule has 1 atom stereocenters. The maximum Gasteiger partial charge on any atom is 0.220 e. The molecule has 1 aliphatic heterocycles. The predicted octanol–water partition coefficient (Wildman–Crippen LogP) is 1.47. The fraction of sp³-hybridized carbons (Fsp3) is 0.933. The van der Waals surface area contributed by atoms with Crippen molar-refractivity contribution in [3.8, 4) is 0 Å². The van der Waals surface area contributed by atoms with Crippen molar-refractivity contribution in [1.82, 2.24) is 15.5 Å². The number of hydrogen-bond donors (Lipinski definition) is 2. The van der Waals surface area contributed by atoms with Crippen LogP contribution in [0.2, 0.25) is 0 Å². The number of carbonyl (C=O) groups is 1. The highest BCUT2D eigenvalue weighted by Crippen LogP contribution is 2.18. The summed E-state index contributed by atoms with van der Waals surface area (Å²) in [4.78, 5) is 14.3. The minimum atomic E-state index is 0.223. The lowest BCUT2D eigenvalue weighted by molar-refractivity contribution is -0.122. The third kappa shape index (κ3) is 6.92. The fourth-order valence-electron chi connectivity index (χ4n) is 2.63. The van der Waals surface area contributed by atoms with Crippen molar-refractivity contribution in [3.63, 3.8) is 0 Å². The molecule has 0 aromatic rings. The zero-order valence-corrected chi connectivity index (χ0v) is 12.9. The van der Waals surface area contributed by atoms with Crippen LogP contribution in [0.3, 0.4) is 0 Å². The highest BCUT2D eigenvalue weighted by Gasteiger charge is 2.15. The SMILES string of the molecule is CCC(CC(=O)NCCCN1CCNCC1)C(C)C. The summed E-state index contributed by atoms with van der Waals surface area (Å²) >= 11 is 0. The van der Waals surface area contributed by atoms with E-state index in [2.05, 4.69) is 36.3 Å². The zero-order valence-electron chi connectivity index (χ0n) is 12.9. The number of rotatable bonds is 8. The number of nitrogens with one attached hydrogen (secondary N) is 2. The molecular weight excluding hydrogens is 238 g/mol.